The zero-order chi connectivity index (χ0) is 15.5. The monoisotopic (exact) mass is 345 g/mol. The van der Waals surface area contributed by atoms with E-state index < -0.39 is 21.3 Å². The number of hydrogen-bond donors (Lipinski definition) is 1. The van der Waals surface area contributed by atoms with E-state index in [1.807, 2.05) is 5.32 Å². The maximum atomic E-state index is 13.2. The van der Waals surface area contributed by atoms with Gasteiger partial charge in [0.15, 0.2) is 10.1 Å². The molecular formula is C13H18F2NNaO4S. The van der Waals surface area contributed by atoms with Crippen LogP contribution in [0.4, 0.5) is 8.78 Å². The van der Waals surface area contributed by atoms with E-state index in [1.165, 1.54) is 19.3 Å². The molecule has 4 fully saturated rings. The molecule has 1 amide bonds. The molecule has 0 unspecified atom stereocenters. The van der Waals surface area contributed by atoms with Crippen LogP contribution in [0, 0.1) is 23.2 Å². The fraction of sp³-hybridized carbons (Fsp3) is 0.923. The first kappa shape index (κ1) is 18.6. The summed E-state index contributed by atoms with van der Waals surface area (Å²) in [5.74, 6) is -0.209. The largest absolute Gasteiger partial charge is 1.00 e. The summed E-state index contributed by atoms with van der Waals surface area (Å²) in [6.07, 6.45) is 6.23. The predicted octanol–water partition coefficient (Wildman–Crippen LogP) is -1.54. The summed E-state index contributed by atoms with van der Waals surface area (Å²) in [5, 5.41) is -2.88. The summed E-state index contributed by atoms with van der Waals surface area (Å²) in [5.41, 5.74) is -0.187. The van der Waals surface area contributed by atoms with Crippen molar-refractivity contribution in [1.82, 2.24) is 5.32 Å². The van der Waals surface area contributed by atoms with Crippen LogP contribution in [0.3, 0.4) is 0 Å². The van der Waals surface area contributed by atoms with Crippen molar-refractivity contribution in [3.8, 4) is 0 Å². The molecule has 9 heteroatoms. The molecule has 4 saturated carbocycles. The molecule has 0 aromatic carbocycles. The van der Waals surface area contributed by atoms with Crippen LogP contribution < -0.4 is 34.9 Å². The van der Waals surface area contributed by atoms with Gasteiger partial charge in [0.05, 0.1) is 0 Å². The second-order valence-corrected chi connectivity index (χ2v) is 8.49. The molecule has 0 saturated heterocycles. The van der Waals surface area contributed by atoms with E-state index in [-0.39, 0.29) is 41.5 Å². The van der Waals surface area contributed by atoms with Crippen molar-refractivity contribution < 1.29 is 56.1 Å². The zero-order valence-electron chi connectivity index (χ0n) is 12.5. The van der Waals surface area contributed by atoms with Gasteiger partial charge in [0.2, 0.25) is 0 Å². The maximum absolute atomic E-state index is 13.2. The van der Waals surface area contributed by atoms with Gasteiger partial charge in [-0.05, 0) is 61.7 Å². The third-order valence-corrected chi connectivity index (χ3v) is 6.18. The fourth-order valence-electron chi connectivity index (χ4n) is 4.99. The van der Waals surface area contributed by atoms with Gasteiger partial charge in [0.1, 0.15) is 0 Å². The van der Waals surface area contributed by atoms with Gasteiger partial charge >= 0.3 is 40.7 Å². The minimum atomic E-state index is -5.98. The number of rotatable bonds is 4. The zero-order valence-corrected chi connectivity index (χ0v) is 15.3. The second-order valence-electron chi connectivity index (χ2n) is 7.07. The summed E-state index contributed by atoms with van der Waals surface area (Å²) < 4.78 is 57.7. The van der Waals surface area contributed by atoms with Gasteiger partial charge in [0.25, 0.3) is 0 Å². The van der Waals surface area contributed by atoms with E-state index in [9.17, 15) is 26.5 Å². The minimum absolute atomic E-state index is 0. The number of alkyl halides is 2. The SMILES string of the molecule is O=C(NCC12CC3CC(CC(C3)C1)C2)C(F)(F)S(=O)(=O)[O-].[Na+]. The van der Waals surface area contributed by atoms with Gasteiger partial charge in [-0.1, -0.05) is 0 Å². The van der Waals surface area contributed by atoms with Crippen LogP contribution in [0.2, 0.25) is 0 Å². The molecule has 4 bridgehead atoms. The quantitative estimate of drug-likeness (QED) is 0.494. The van der Waals surface area contributed by atoms with Crippen LogP contribution in [0.25, 0.3) is 0 Å². The van der Waals surface area contributed by atoms with Crippen LogP contribution in [0.15, 0.2) is 0 Å². The van der Waals surface area contributed by atoms with Gasteiger partial charge in [0, 0.05) is 6.54 Å². The molecule has 0 atom stereocenters. The topological polar surface area (TPSA) is 86.3 Å². The average Bonchev–Trinajstić information content (AvgIpc) is 2.32. The molecule has 120 valence electrons. The van der Waals surface area contributed by atoms with Crippen molar-refractivity contribution in [3.63, 3.8) is 0 Å². The van der Waals surface area contributed by atoms with E-state index in [4.69, 9.17) is 0 Å². The second kappa shape index (κ2) is 5.95. The number of amides is 1. The summed E-state index contributed by atoms with van der Waals surface area (Å²) in [4.78, 5) is 11.4. The Morgan fingerprint density at radius 3 is 1.91 bits per heavy atom. The molecule has 0 spiro atoms. The smallest absolute Gasteiger partial charge is 0.743 e. The molecule has 22 heavy (non-hydrogen) atoms. The standard InChI is InChI=1S/C13H19F2NO4S.Na/c14-13(15,21(18,19)20)11(17)16-7-12-4-8-1-9(5-12)3-10(2-8)6-12;/h8-10H,1-7H2,(H,16,17)(H,18,19,20);/q;+1/p-1. The van der Waals surface area contributed by atoms with Gasteiger partial charge in [-0.2, -0.15) is 8.78 Å². The molecule has 5 nitrogen and oxygen atoms in total. The average molecular weight is 345 g/mol. The van der Waals surface area contributed by atoms with Crippen molar-refractivity contribution in [2.45, 2.75) is 43.8 Å². The van der Waals surface area contributed by atoms with E-state index >= 15 is 0 Å². The molecule has 0 aromatic rings. The molecule has 4 rings (SSSR count). The molecule has 4 aliphatic carbocycles. The molecular weight excluding hydrogens is 327 g/mol. The molecule has 1 N–H and O–H groups in total. The molecule has 4 aliphatic rings. The van der Waals surface area contributed by atoms with Crippen LogP contribution in [-0.2, 0) is 14.9 Å². The van der Waals surface area contributed by atoms with Gasteiger partial charge in [-0.3, -0.25) is 4.79 Å². The number of halogens is 2. The molecule has 0 aliphatic heterocycles. The number of carbonyl (C=O) groups excluding carboxylic acids is 1. The molecule has 0 radical (unpaired) electrons. The number of carbonyl (C=O) groups is 1. The van der Waals surface area contributed by atoms with Crippen molar-refractivity contribution in [3.05, 3.63) is 0 Å². The molecule has 0 aromatic heterocycles. The van der Waals surface area contributed by atoms with Crippen LogP contribution in [0.1, 0.15) is 38.5 Å². The summed E-state index contributed by atoms with van der Waals surface area (Å²) in [6, 6.07) is 0. The number of nitrogens with one attached hydrogen (secondary N) is 1. The Hall–Kier alpha value is 0.240. The summed E-state index contributed by atoms with van der Waals surface area (Å²) in [6.45, 7) is 0.0421. The van der Waals surface area contributed by atoms with E-state index in [0.717, 1.165) is 19.3 Å². The first-order chi connectivity index (χ1) is 9.61. The van der Waals surface area contributed by atoms with E-state index in [1.54, 1.807) is 0 Å². The van der Waals surface area contributed by atoms with Gasteiger partial charge < -0.3 is 9.87 Å². The first-order valence-corrected chi connectivity index (χ1v) is 8.64. The van der Waals surface area contributed by atoms with Gasteiger partial charge in [-0.25, -0.2) is 8.42 Å². The normalized spacial score (nSPS) is 36.8. The van der Waals surface area contributed by atoms with Crippen LogP contribution in [-0.4, -0.2) is 30.7 Å². The Balaban J connectivity index is 0.00000176. The Labute approximate surface area is 150 Å². The minimum Gasteiger partial charge on any atom is -0.743 e. The summed E-state index contributed by atoms with van der Waals surface area (Å²) in [7, 11) is -5.98. The fourth-order valence-corrected chi connectivity index (χ4v) is 5.29. The van der Waals surface area contributed by atoms with Crippen molar-refractivity contribution in [1.29, 1.82) is 0 Å². The Morgan fingerprint density at radius 1 is 1.14 bits per heavy atom. The first-order valence-electron chi connectivity index (χ1n) is 7.23. The Bertz CT molecular complexity index is 531. The Kier molecular flexibility index (Phi) is 5.02. The van der Waals surface area contributed by atoms with Crippen molar-refractivity contribution in [2.24, 2.45) is 23.2 Å². The maximum Gasteiger partial charge on any atom is 1.00 e. The molecule has 0 heterocycles. The summed E-state index contributed by atoms with van der Waals surface area (Å²) >= 11 is 0. The van der Waals surface area contributed by atoms with E-state index in [0.29, 0.717) is 17.8 Å². The third-order valence-electron chi connectivity index (χ3n) is 5.37. The third kappa shape index (κ3) is 3.22. The van der Waals surface area contributed by atoms with Crippen LogP contribution in [0.5, 0.6) is 0 Å². The van der Waals surface area contributed by atoms with E-state index in [2.05, 4.69) is 0 Å². The Morgan fingerprint density at radius 2 is 1.55 bits per heavy atom. The number of hydrogen-bond acceptors (Lipinski definition) is 4. The van der Waals surface area contributed by atoms with Crippen molar-refractivity contribution in [2.75, 3.05) is 6.54 Å². The van der Waals surface area contributed by atoms with Crippen LogP contribution >= 0.6 is 0 Å². The van der Waals surface area contributed by atoms with Crippen molar-refractivity contribution >= 4 is 16.0 Å². The predicted molar refractivity (Wildman–Crippen MR) is 68.3 cm³/mol. The van der Waals surface area contributed by atoms with Gasteiger partial charge in [-0.15, -0.1) is 0 Å².